The first kappa shape index (κ1) is 19.9. The molecule has 2 aliphatic rings. The highest BCUT2D eigenvalue weighted by molar-refractivity contribution is 5.96. The van der Waals surface area contributed by atoms with Crippen molar-refractivity contribution in [2.45, 2.75) is 19.3 Å². The van der Waals surface area contributed by atoms with E-state index in [1.807, 2.05) is 23.1 Å². The molecule has 2 saturated heterocycles. The third kappa shape index (κ3) is 4.66. The quantitative estimate of drug-likeness (QED) is 0.822. The molecule has 2 fully saturated rings. The summed E-state index contributed by atoms with van der Waals surface area (Å²) >= 11 is 0. The number of amides is 1. The van der Waals surface area contributed by atoms with E-state index in [9.17, 15) is 4.79 Å². The number of hydrogen-bond donors (Lipinski definition) is 1. The maximum atomic E-state index is 12.6. The molecule has 2 aliphatic heterocycles. The standard InChI is InChI=1S/C16H23N3O2.2ClH/c17-14-5-4-13(16(20)19-8-10-21-11-9-19)12-15(14)18-6-2-1-3-7-18;;/h4-5,12H,1-3,6-11,17H2;2*1H. The number of nitrogens with two attached hydrogens (primary N) is 1. The molecular formula is C16H25Cl2N3O2. The van der Waals surface area contributed by atoms with Crippen LogP contribution in [0.4, 0.5) is 11.4 Å². The molecule has 0 radical (unpaired) electrons. The van der Waals surface area contributed by atoms with Crippen molar-refractivity contribution < 1.29 is 9.53 Å². The number of halogens is 2. The first-order valence-corrected chi connectivity index (χ1v) is 7.77. The lowest BCUT2D eigenvalue weighted by Gasteiger charge is -2.31. The van der Waals surface area contributed by atoms with E-state index in [4.69, 9.17) is 10.5 Å². The summed E-state index contributed by atoms with van der Waals surface area (Å²) in [5.41, 5.74) is 8.61. The molecule has 0 spiro atoms. The number of ether oxygens (including phenoxy) is 1. The van der Waals surface area contributed by atoms with Gasteiger partial charge in [0.25, 0.3) is 5.91 Å². The van der Waals surface area contributed by atoms with Gasteiger partial charge in [0.2, 0.25) is 0 Å². The first-order valence-electron chi connectivity index (χ1n) is 7.77. The molecule has 2 N–H and O–H groups in total. The van der Waals surface area contributed by atoms with E-state index in [2.05, 4.69) is 4.90 Å². The number of carbonyl (C=O) groups is 1. The van der Waals surface area contributed by atoms with E-state index in [0.29, 0.717) is 26.3 Å². The highest BCUT2D eigenvalue weighted by Crippen LogP contribution is 2.28. The molecule has 0 saturated carbocycles. The van der Waals surface area contributed by atoms with E-state index < -0.39 is 0 Å². The van der Waals surface area contributed by atoms with Crippen molar-refractivity contribution in [1.82, 2.24) is 4.90 Å². The molecule has 0 aromatic heterocycles. The Morgan fingerprint density at radius 2 is 1.65 bits per heavy atom. The lowest BCUT2D eigenvalue weighted by Crippen LogP contribution is -2.40. The summed E-state index contributed by atoms with van der Waals surface area (Å²) in [4.78, 5) is 16.7. The monoisotopic (exact) mass is 361 g/mol. The Bertz CT molecular complexity index is 516. The molecule has 0 unspecified atom stereocenters. The van der Waals surface area contributed by atoms with Gasteiger partial charge < -0.3 is 20.3 Å². The van der Waals surface area contributed by atoms with Crippen molar-refractivity contribution in [1.29, 1.82) is 0 Å². The third-order valence-electron chi connectivity index (χ3n) is 4.27. The minimum Gasteiger partial charge on any atom is -0.397 e. The number of piperidine rings is 1. The zero-order valence-electron chi connectivity index (χ0n) is 13.2. The van der Waals surface area contributed by atoms with Crippen LogP contribution < -0.4 is 10.6 Å². The average Bonchev–Trinajstić information content (AvgIpc) is 2.56. The van der Waals surface area contributed by atoms with E-state index in [1.165, 1.54) is 19.3 Å². The predicted octanol–water partition coefficient (Wildman–Crippen LogP) is 2.58. The Kier molecular flexibility index (Phi) is 7.95. The minimum atomic E-state index is 0. The molecule has 1 aromatic rings. The van der Waals surface area contributed by atoms with Crippen molar-refractivity contribution in [3.05, 3.63) is 23.8 Å². The molecule has 23 heavy (non-hydrogen) atoms. The summed E-state index contributed by atoms with van der Waals surface area (Å²) in [6.07, 6.45) is 3.67. The Morgan fingerprint density at radius 1 is 1.00 bits per heavy atom. The number of rotatable bonds is 2. The third-order valence-corrected chi connectivity index (χ3v) is 4.27. The number of benzene rings is 1. The Morgan fingerprint density at radius 3 is 2.30 bits per heavy atom. The minimum absolute atomic E-state index is 0. The van der Waals surface area contributed by atoms with E-state index in [1.54, 1.807) is 0 Å². The van der Waals surface area contributed by atoms with Gasteiger partial charge in [-0.1, -0.05) is 0 Å². The number of hydrogen-bond acceptors (Lipinski definition) is 4. The van der Waals surface area contributed by atoms with Gasteiger partial charge in [0, 0.05) is 31.7 Å². The van der Waals surface area contributed by atoms with Gasteiger partial charge in [0.15, 0.2) is 0 Å². The fraction of sp³-hybridized carbons (Fsp3) is 0.562. The fourth-order valence-electron chi connectivity index (χ4n) is 3.03. The van der Waals surface area contributed by atoms with Crippen molar-refractivity contribution in [2.24, 2.45) is 0 Å². The average molecular weight is 362 g/mol. The normalized spacial score (nSPS) is 17.9. The van der Waals surface area contributed by atoms with E-state index >= 15 is 0 Å². The molecule has 0 aliphatic carbocycles. The highest BCUT2D eigenvalue weighted by Gasteiger charge is 2.21. The summed E-state index contributed by atoms with van der Waals surface area (Å²) in [5.74, 6) is 0.0801. The molecule has 7 heteroatoms. The van der Waals surface area contributed by atoms with E-state index in [0.717, 1.165) is 30.0 Å². The van der Waals surface area contributed by atoms with Gasteiger partial charge in [-0.25, -0.2) is 0 Å². The van der Waals surface area contributed by atoms with Crippen LogP contribution in [0.15, 0.2) is 18.2 Å². The van der Waals surface area contributed by atoms with Gasteiger partial charge in [-0.05, 0) is 37.5 Å². The van der Waals surface area contributed by atoms with Crippen LogP contribution in [0.1, 0.15) is 29.6 Å². The maximum absolute atomic E-state index is 12.6. The topological polar surface area (TPSA) is 58.8 Å². The number of nitrogen functional groups attached to an aromatic ring is 1. The highest BCUT2D eigenvalue weighted by atomic mass is 35.5. The van der Waals surface area contributed by atoms with Crippen molar-refractivity contribution >= 4 is 42.1 Å². The Hall–Kier alpha value is -1.17. The fourth-order valence-corrected chi connectivity index (χ4v) is 3.03. The first-order chi connectivity index (χ1) is 10.3. The zero-order chi connectivity index (χ0) is 14.7. The van der Waals surface area contributed by atoms with Gasteiger partial charge in [-0.2, -0.15) is 0 Å². The second-order valence-electron chi connectivity index (χ2n) is 5.73. The Balaban J connectivity index is 0.00000132. The lowest BCUT2D eigenvalue weighted by atomic mass is 10.1. The molecule has 5 nitrogen and oxygen atoms in total. The molecule has 0 atom stereocenters. The van der Waals surface area contributed by atoms with Gasteiger partial charge in [-0.3, -0.25) is 4.79 Å². The molecule has 1 amide bonds. The summed E-state index contributed by atoms with van der Waals surface area (Å²) in [6, 6.07) is 5.65. The van der Waals surface area contributed by atoms with Crippen LogP contribution in [0.2, 0.25) is 0 Å². The van der Waals surface area contributed by atoms with Crippen LogP contribution in [0.3, 0.4) is 0 Å². The van der Waals surface area contributed by atoms with Crippen LogP contribution in [-0.2, 0) is 4.74 Å². The van der Waals surface area contributed by atoms with Crippen LogP contribution >= 0.6 is 24.8 Å². The molecule has 2 heterocycles. The summed E-state index contributed by atoms with van der Waals surface area (Å²) in [6.45, 7) is 4.64. The molecule has 130 valence electrons. The van der Waals surface area contributed by atoms with Crippen molar-refractivity contribution in [3.8, 4) is 0 Å². The van der Waals surface area contributed by atoms with Gasteiger partial charge in [0.1, 0.15) is 0 Å². The second-order valence-corrected chi connectivity index (χ2v) is 5.73. The molecule has 0 bridgehead atoms. The second kappa shape index (κ2) is 9.21. The number of nitrogens with zero attached hydrogens (tertiary/aromatic N) is 2. The van der Waals surface area contributed by atoms with Gasteiger partial charge in [0.05, 0.1) is 24.6 Å². The zero-order valence-corrected chi connectivity index (χ0v) is 14.8. The Labute approximate surface area is 150 Å². The lowest BCUT2D eigenvalue weighted by molar-refractivity contribution is 0.0303. The summed E-state index contributed by atoms with van der Waals surface area (Å²) in [5, 5.41) is 0. The summed E-state index contributed by atoms with van der Waals surface area (Å²) in [7, 11) is 0. The summed E-state index contributed by atoms with van der Waals surface area (Å²) < 4.78 is 5.30. The maximum Gasteiger partial charge on any atom is 0.254 e. The van der Waals surface area contributed by atoms with Crippen LogP contribution in [-0.4, -0.2) is 50.2 Å². The van der Waals surface area contributed by atoms with E-state index in [-0.39, 0.29) is 30.7 Å². The number of carbonyl (C=O) groups excluding carboxylic acids is 1. The van der Waals surface area contributed by atoms with Crippen LogP contribution in [0, 0.1) is 0 Å². The van der Waals surface area contributed by atoms with Gasteiger partial charge in [-0.15, -0.1) is 24.8 Å². The van der Waals surface area contributed by atoms with Crippen LogP contribution in [0.25, 0.3) is 0 Å². The smallest absolute Gasteiger partial charge is 0.254 e. The largest absolute Gasteiger partial charge is 0.397 e. The van der Waals surface area contributed by atoms with Crippen LogP contribution in [0.5, 0.6) is 0 Å². The predicted molar refractivity (Wildman–Crippen MR) is 98.1 cm³/mol. The SMILES string of the molecule is Cl.Cl.Nc1ccc(C(=O)N2CCOCC2)cc1N1CCCCC1. The molecular weight excluding hydrogens is 337 g/mol. The molecule has 1 aromatic carbocycles. The van der Waals surface area contributed by atoms with Gasteiger partial charge >= 0.3 is 0 Å². The number of anilines is 2. The van der Waals surface area contributed by atoms with Crippen molar-refractivity contribution in [2.75, 3.05) is 50.0 Å². The van der Waals surface area contributed by atoms with Crippen molar-refractivity contribution in [3.63, 3.8) is 0 Å². The molecule has 3 rings (SSSR count). The number of morpholine rings is 1.